The Kier molecular flexibility index (Phi) is 4.32. The first-order valence-electron chi connectivity index (χ1n) is 8.84. The molecule has 6 heteroatoms. The third kappa shape index (κ3) is 3.03. The van der Waals surface area contributed by atoms with Gasteiger partial charge in [0.05, 0.1) is 17.2 Å². The minimum atomic E-state index is -0.546. The van der Waals surface area contributed by atoms with Gasteiger partial charge in [-0.05, 0) is 18.9 Å². The molecule has 0 aromatic heterocycles. The Labute approximate surface area is 155 Å². The van der Waals surface area contributed by atoms with E-state index in [1.807, 2.05) is 0 Å². The van der Waals surface area contributed by atoms with Crippen LogP contribution in [0.25, 0.3) is 0 Å². The lowest BCUT2D eigenvalue weighted by Gasteiger charge is -2.23. The van der Waals surface area contributed by atoms with Crippen LogP contribution in [0.15, 0.2) is 42.5 Å². The summed E-state index contributed by atoms with van der Waals surface area (Å²) in [7, 11) is 0. The van der Waals surface area contributed by atoms with Crippen LogP contribution >= 0.6 is 0 Å². The molecule has 1 N–H and O–H groups in total. The van der Waals surface area contributed by atoms with Gasteiger partial charge < -0.3 is 10.1 Å². The van der Waals surface area contributed by atoms with Crippen LogP contribution in [0.3, 0.4) is 0 Å². The molecule has 0 bridgehead atoms. The molecule has 4 rings (SSSR count). The van der Waals surface area contributed by atoms with Crippen molar-refractivity contribution in [3.05, 3.63) is 64.7 Å². The highest BCUT2D eigenvalue weighted by Crippen LogP contribution is 2.32. The molecule has 136 valence electrons. The van der Waals surface area contributed by atoms with E-state index in [4.69, 9.17) is 4.74 Å². The van der Waals surface area contributed by atoms with Gasteiger partial charge in [0.25, 0.3) is 5.91 Å². The second-order valence-electron chi connectivity index (χ2n) is 6.72. The van der Waals surface area contributed by atoms with Gasteiger partial charge in [0.1, 0.15) is 0 Å². The van der Waals surface area contributed by atoms with Gasteiger partial charge in [-0.1, -0.05) is 42.8 Å². The smallest absolute Gasteiger partial charge is 0.309 e. The zero-order valence-electron chi connectivity index (χ0n) is 14.5. The van der Waals surface area contributed by atoms with Crippen molar-refractivity contribution in [1.29, 1.82) is 0 Å². The van der Waals surface area contributed by atoms with E-state index in [-0.39, 0.29) is 40.3 Å². The van der Waals surface area contributed by atoms with E-state index in [1.165, 1.54) is 0 Å². The number of carbonyl (C=O) groups excluding carboxylic acids is 4. The number of nitrogens with one attached hydrogen (secondary N) is 1. The lowest BCUT2D eigenvalue weighted by Crippen LogP contribution is -2.29. The molecule has 2 aromatic carbocycles. The maximum absolute atomic E-state index is 12.9. The summed E-state index contributed by atoms with van der Waals surface area (Å²) in [6.45, 7) is -0.419. The number of rotatable bonds is 4. The highest BCUT2D eigenvalue weighted by Gasteiger charge is 2.32. The van der Waals surface area contributed by atoms with Crippen molar-refractivity contribution in [2.45, 2.75) is 19.3 Å². The lowest BCUT2D eigenvalue weighted by molar-refractivity contribution is -0.154. The normalized spacial score (nSPS) is 15.4. The van der Waals surface area contributed by atoms with Gasteiger partial charge in [-0.15, -0.1) is 0 Å². The number of ether oxygens (including phenoxy) is 1. The Balaban J connectivity index is 1.55. The number of ketones is 2. The van der Waals surface area contributed by atoms with Crippen molar-refractivity contribution < 1.29 is 23.9 Å². The summed E-state index contributed by atoms with van der Waals surface area (Å²) in [5.41, 5.74) is 1.33. The molecule has 27 heavy (non-hydrogen) atoms. The molecule has 1 amide bonds. The first-order valence-corrected chi connectivity index (χ1v) is 8.84. The SMILES string of the molecule is O=C(COC(=O)C1CCC1)Nc1cccc2c1C(=O)c1ccccc1C2=O. The molecule has 0 saturated heterocycles. The molecule has 1 fully saturated rings. The summed E-state index contributed by atoms with van der Waals surface area (Å²) in [5, 5.41) is 2.59. The Hall–Kier alpha value is -3.28. The quantitative estimate of drug-likeness (QED) is 0.720. The molecule has 1 saturated carbocycles. The van der Waals surface area contributed by atoms with Crippen LogP contribution in [-0.2, 0) is 14.3 Å². The van der Waals surface area contributed by atoms with Gasteiger partial charge >= 0.3 is 5.97 Å². The standard InChI is InChI=1S/C21H17NO5/c23-17(11-27-21(26)12-5-3-6-12)22-16-10-4-9-15-18(16)20(25)14-8-2-1-7-13(14)19(15)24/h1-2,4,7-10,12H,3,5-6,11H2,(H,22,23). The summed E-state index contributed by atoms with van der Waals surface area (Å²) in [6.07, 6.45) is 2.59. The highest BCUT2D eigenvalue weighted by atomic mass is 16.5. The third-order valence-electron chi connectivity index (χ3n) is 5.01. The molecule has 0 unspecified atom stereocenters. The number of hydrogen-bond donors (Lipinski definition) is 1. The van der Waals surface area contributed by atoms with E-state index in [2.05, 4.69) is 5.32 Å². The van der Waals surface area contributed by atoms with Gasteiger partial charge in [-0.3, -0.25) is 19.2 Å². The molecule has 0 spiro atoms. The fraction of sp³-hybridized carbons (Fsp3) is 0.238. The zero-order valence-corrected chi connectivity index (χ0v) is 14.5. The predicted octanol–water partition coefficient (Wildman–Crippen LogP) is 2.74. The summed E-state index contributed by atoms with van der Waals surface area (Å²) in [6, 6.07) is 11.3. The van der Waals surface area contributed by atoms with Crippen LogP contribution in [0.1, 0.15) is 51.1 Å². The van der Waals surface area contributed by atoms with E-state index < -0.39 is 12.5 Å². The van der Waals surface area contributed by atoms with Crippen molar-refractivity contribution in [2.75, 3.05) is 11.9 Å². The molecule has 0 radical (unpaired) electrons. The number of benzene rings is 2. The predicted molar refractivity (Wildman–Crippen MR) is 96.7 cm³/mol. The summed E-state index contributed by atoms with van der Waals surface area (Å²) in [4.78, 5) is 49.5. The van der Waals surface area contributed by atoms with E-state index in [0.717, 1.165) is 19.3 Å². The third-order valence-corrected chi connectivity index (χ3v) is 5.01. The lowest BCUT2D eigenvalue weighted by atomic mass is 9.83. The zero-order chi connectivity index (χ0) is 19.0. The molecule has 2 aliphatic rings. The Morgan fingerprint density at radius 2 is 1.59 bits per heavy atom. The molecular weight excluding hydrogens is 346 g/mol. The van der Waals surface area contributed by atoms with Crippen LogP contribution in [0.2, 0.25) is 0 Å². The molecule has 0 atom stereocenters. The second kappa shape index (κ2) is 6.79. The average Bonchev–Trinajstić information content (AvgIpc) is 2.63. The number of fused-ring (bicyclic) bond motifs is 2. The van der Waals surface area contributed by atoms with Crippen molar-refractivity contribution >= 4 is 29.1 Å². The molecular formula is C21H17NO5. The monoisotopic (exact) mass is 363 g/mol. The molecule has 2 aromatic rings. The van der Waals surface area contributed by atoms with Gasteiger partial charge in [-0.25, -0.2) is 0 Å². The van der Waals surface area contributed by atoms with E-state index >= 15 is 0 Å². The van der Waals surface area contributed by atoms with Crippen molar-refractivity contribution in [2.24, 2.45) is 5.92 Å². The first kappa shape index (κ1) is 17.1. The van der Waals surface area contributed by atoms with E-state index in [0.29, 0.717) is 11.1 Å². The van der Waals surface area contributed by atoms with Crippen molar-refractivity contribution in [3.8, 4) is 0 Å². The fourth-order valence-corrected chi connectivity index (χ4v) is 3.33. The van der Waals surface area contributed by atoms with Crippen LogP contribution in [0.5, 0.6) is 0 Å². The summed E-state index contributed by atoms with van der Waals surface area (Å²) >= 11 is 0. The molecule has 6 nitrogen and oxygen atoms in total. The summed E-state index contributed by atoms with van der Waals surface area (Å²) < 4.78 is 5.03. The van der Waals surface area contributed by atoms with E-state index in [1.54, 1.807) is 42.5 Å². The van der Waals surface area contributed by atoms with Crippen LogP contribution < -0.4 is 5.32 Å². The van der Waals surface area contributed by atoms with Gasteiger partial charge in [0.15, 0.2) is 18.2 Å². The highest BCUT2D eigenvalue weighted by molar-refractivity contribution is 6.30. The van der Waals surface area contributed by atoms with Crippen molar-refractivity contribution in [1.82, 2.24) is 0 Å². The fourth-order valence-electron chi connectivity index (χ4n) is 3.33. The maximum atomic E-state index is 12.9. The minimum absolute atomic E-state index is 0.113. The van der Waals surface area contributed by atoms with E-state index in [9.17, 15) is 19.2 Å². The van der Waals surface area contributed by atoms with Crippen LogP contribution in [0, 0.1) is 5.92 Å². The maximum Gasteiger partial charge on any atom is 0.309 e. The number of amides is 1. The molecule has 0 aliphatic heterocycles. The first-order chi connectivity index (χ1) is 13.1. The van der Waals surface area contributed by atoms with Gasteiger partial charge in [0, 0.05) is 16.7 Å². The molecule has 2 aliphatic carbocycles. The Bertz CT molecular complexity index is 974. The number of hydrogen-bond acceptors (Lipinski definition) is 5. The van der Waals surface area contributed by atoms with Crippen molar-refractivity contribution in [3.63, 3.8) is 0 Å². The number of carbonyl (C=O) groups is 4. The summed E-state index contributed by atoms with van der Waals surface area (Å²) in [5.74, 6) is -1.60. The van der Waals surface area contributed by atoms with Crippen LogP contribution in [-0.4, -0.2) is 30.0 Å². The van der Waals surface area contributed by atoms with Gasteiger partial charge in [-0.2, -0.15) is 0 Å². The second-order valence-corrected chi connectivity index (χ2v) is 6.72. The number of esters is 1. The molecule has 0 heterocycles. The largest absolute Gasteiger partial charge is 0.455 e. The van der Waals surface area contributed by atoms with Gasteiger partial charge in [0.2, 0.25) is 0 Å². The Morgan fingerprint density at radius 1 is 0.926 bits per heavy atom. The topological polar surface area (TPSA) is 89.5 Å². The average molecular weight is 363 g/mol. The Morgan fingerprint density at radius 3 is 2.26 bits per heavy atom. The van der Waals surface area contributed by atoms with Crippen LogP contribution in [0.4, 0.5) is 5.69 Å². The minimum Gasteiger partial charge on any atom is -0.455 e. The number of anilines is 1.